The zero-order valence-electron chi connectivity index (χ0n) is 5.53. The molecular formula is C6H7NO2S. The molecule has 0 saturated carbocycles. The zero-order chi connectivity index (χ0) is 7.40. The third-order valence-corrected chi connectivity index (χ3v) is 1.86. The van der Waals surface area contributed by atoms with Gasteiger partial charge < -0.3 is 4.74 Å². The first kappa shape index (κ1) is 7.37. The van der Waals surface area contributed by atoms with Crippen LogP contribution in [0.2, 0.25) is 0 Å². The fourth-order valence-electron chi connectivity index (χ4n) is 0.619. The van der Waals surface area contributed by atoms with Crippen LogP contribution in [0, 0.1) is 0 Å². The van der Waals surface area contributed by atoms with Crippen molar-refractivity contribution in [3.63, 3.8) is 0 Å². The van der Waals surface area contributed by atoms with Crippen LogP contribution >= 0.6 is 11.3 Å². The standard InChI is InChI=1S/C6H7NO2S/c1-9-3-5-6(2-8)10-4-7-5/h2,4H,3H2,1H3. The second-order valence-electron chi connectivity index (χ2n) is 1.71. The Balaban J connectivity index is 2.79. The SMILES string of the molecule is COCc1ncsc1C=O. The van der Waals surface area contributed by atoms with E-state index < -0.39 is 0 Å². The Morgan fingerprint density at radius 3 is 3.30 bits per heavy atom. The van der Waals surface area contributed by atoms with Crippen LogP contribution in [0.1, 0.15) is 15.4 Å². The summed E-state index contributed by atoms with van der Waals surface area (Å²) >= 11 is 1.33. The van der Waals surface area contributed by atoms with Crippen molar-refractivity contribution in [1.82, 2.24) is 4.98 Å². The van der Waals surface area contributed by atoms with Crippen molar-refractivity contribution in [3.05, 3.63) is 16.1 Å². The summed E-state index contributed by atoms with van der Waals surface area (Å²) in [7, 11) is 1.58. The molecule has 0 aliphatic rings. The van der Waals surface area contributed by atoms with Crippen molar-refractivity contribution in [1.29, 1.82) is 0 Å². The minimum absolute atomic E-state index is 0.414. The van der Waals surface area contributed by atoms with E-state index in [2.05, 4.69) is 4.98 Å². The topological polar surface area (TPSA) is 39.2 Å². The molecule has 0 radical (unpaired) electrons. The smallest absolute Gasteiger partial charge is 0.162 e. The molecule has 0 saturated heterocycles. The number of thiazole rings is 1. The van der Waals surface area contributed by atoms with Gasteiger partial charge in [0.2, 0.25) is 0 Å². The van der Waals surface area contributed by atoms with Crippen molar-refractivity contribution in [2.45, 2.75) is 6.61 Å². The summed E-state index contributed by atoms with van der Waals surface area (Å²) in [6.07, 6.45) is 0.798. The Morgan fingerprint density at radius 2 is 2.70 bits per heavy atom. The number of hydrogen-bond donors (Lipinski definition) is 0. The van der Waals surface area contributed by atoms with Crippen molar-refractivity contribution < 1.29 is 9.53 Å². The van der Waals surface area contributed by atoms with E-state index in [1.165, 1.54) is 11.3 Å². The molecule has 0 bridgehead atoms. The van der Waals surface area contributed by atoms with E-state index in [9.17, 15) is 4.79 Å². The molecular weight excluding hydrogens is 150 g/mol. The van der Waals surface area contributed by atoms with E-state index in [1.807, 2.05) is 0 Å². The maximum atomic E-state index is 10.3. The molecule has 0 fully saturated rings. The molecule has 0 N–H and O–H groups in total. The van der Waals surface area contributed by atoms with Gasteiger partial charge in [0.15, 0.2) is 6.29 Å². The number of aldehydes is 1. The van der Waals surface area contributed by atoms with Gasteiger partial charge in [-0.2, -0.15) is 0 Å². The largest absolute Gasteiger partial charge is 0.378 e. The fourth-order valence-corrected chi connectivity index (χ4v) is 1.22. The Kier molecular flexibility index (Phi) is 2.53. The molecule has 4 heteroatoms. The first-order valence-electron chi connectivity index (χ1n) is 2.75. The molecule has 0 amide bonds. The van der Waals surface area contributed by atoms with E-state index >= 15 is 0 Å². The number of methoxy groups -OCH3 is 1. The van der Waals surface area contributed by atoms with Crippen LogP contribution in [0.5, 0.6) is 0 Å². The Hall–Kier alpha value is -0.740. The molecule has 0 spiro atoms. The highest BCUT2D eigenvalue weighted by molar-refractivity contribution is 7.11. The average Bonchev–Trinajstić information content (AvgIpc) is 2.36. The summed E-state index contributed by atoms with van der Waals surface area (Å²) < 4.78 is 4.81. The predicted molar refractivity (Wildman–Crippen MR) is 38.2 cm³/mol. The Morgan fingerprint density at radius 1 is 1.90 bits per heavy atom. The fraction of sp³-hybridized carbons (Fsp3) is 0.333. The normalized spacial score (nSPS) is 9.70. The second-order valence-corrected chi connectivity index (χ2v) is 2.60. The highest BCUT2D eigenvalue weighted by Gasteiger charge is 2.02. The number of hydrogen-bond acceptors (Lipinski definition) is 4. The van der Waals surface area contributed by atoms with Crippen molar-refractivity contribution in [2.75, 3.05) is 7.11 Å². The van der Waals surface area contributed by atoms with Crippen molar-refractivity contribution >= 4 is 17.6 Å². The molecule has 1 aromatic heterocycles. The van der Waals surface area contributed by atoms with Crippen LogP contribution in [0.4, 0.5) is 0 Å². The quantitative estimate of drug-likeness (QED) is 0.617. The van der Waals surface area contributed by atoms with Crippen molar-refractivity contribution in [2.24, 2.45) is 0 Å². The van der Waals surface area contributed by atoms with E-state index in [1.54, 1.807) is 12.6 Å². The Bertz CT molecular complexity index is 221. The first-order valence-corrected chi connectivity index (χ1v) is 3.63. The average molecular weight is 157 g/mol. The first-order chi connectivity index (χ1) is 4.88. The molecule has 0 atom stereocenters. The van der Waals surface area contributed by atoms with Gasteiger partial charge in [-0.25, -0.2) is 4.98 Å². The van der Waals surface area contributed by atoms with E-state index in [-0.39, 0.29) is 0 Å². The monoisotopic (exact) mass is 157 g/mol. The summed E-state index contributed by atoms with van der Waals surface area (Å²) in [5.41, 5.74) is 2.36. The Labute approximate surface area is 62.7 Å². The minimum atomic E-state index is 0.414. The summed E-state index contributed by atoms with van der Waals surface area (Å²) in [5.74, 6) is 0. The van der Waals surface area contributed by atoms with Crippen LogP contribution < -0.4 is 0 Å². The zero-order valence-corrected chi connectivity index (χ0v) is 6.35. The number of carbonyl (C=O) groups is 1. The lowest BCUT2D eigenvalue weighted by atomic mass is 10.4. The van der Waals surface area contributed by atoms with Gasteiger partial charge in [-0.3, -0.25) is 4.79 Å². The van der Waals surface area contributed by atoms with Gasteiger partial charge in [0.1, 0.15) is 0 Å². The lowest BCUT2D eigenvalue weighted by molar-refractivity contribution is 0.112. The summed E-state index contributed by atoms with van der Waals surface area (Å²) in [6.45, 7) is 0.414. The van der Waals surface area contributed by atoms with Gasteiger partial charge in [-0.15, -0.1) is 11.3 Å². The van der Waals surface area contributed by atoms with Gasteiger partial charge >= 0.3 is 0 Å². The molecule has 0 aliphatic heterocycles. The van der Waals surface area contributed by atoms with Gasteiger partial charge in [0.25, 0.3) is 0 Å². The highest BCUT2D eigenvalue weighted by Crippen LogP contribution is 2.10. The number of ether oxygens (including phenoxy) is 1. The number of rotatable bonds is 3. The van der Waals surface area contributed by atoms with Crippen LogP contribution in [0.25, 0.3) is 0 Å². The van der Waals surface area contributed by atoms with Gasteiger partial charge in [-0.05, 0) is 0 Å². The van der Waals surface area contributed by atoms with E-state index in [4.69, 9.17) is 4.74 Å². The van der Waals surface area contributed by atoms with E-state index in [0.717, 1.165) is 12.0 Å². The lowest BCUT2D eigenvalue weighted by Crippen LogP contribution is -1.90. The molecule has 1 heterocycles. The third-order valence-electron chi connectivity index (χ3n) is 1.06. The van der Waals surface area contributed by atoms with Crippen LogP contribution in [-0.4, -0.2) is 18.4 Å². The van der Waals surface area contributed by atoms with Gasteiger partial charge in [0, 0.05) is 7.11 Å². The molecule has 0 aromatic carbocycles. The predicted octanol–water partition coefficient (Wildman–Crippen LogP) is 1.10. The lowest BCUT2D eigenvalue weighted by Gasteiger charge is -1.92. The molecule has 10 heavy (non-hydrogen) atoms. The second kappa shape index (κ2) is 3.43. The molecule has 1 rings (SSSR count). The van der Waals surface area contributed by atoms with Crippen LogP contribution in [0.3, 0.4) is 0 Å². The van der Waals surface area contributed by atoms with Crippen molar-refractivity contribution in [3.8, 4) is 0 Å². The molecule has 0 unspecified atom stereocenters. The number of aromatic nitrogens is 1. The molecule has 3 nitrogen and oxygen atoms in total. The summed E-state index contributed by atoms with van der Waals surface area (Å²) in [4.78, 5) is 14.9. The minimum Gasteiger partial charge on any atom is -0.378 e. The van der Waals surface area contributed by atoms with Gasteiger partial charge in [0.05, 0.1) is 22.7 Å². The molecule has 1 aromatic rings. The van der Waals surface area contributed by atoms with Crippen LogP contribution in [-0.2, 0) is 11.3 Å². The third kappa shape index (κ3) is 1.40. The maximum Gasteiger partial charge on any atom is 0.162 e. The van der Waals surface area contributed by atoms with Gasteiger partial charge in [-0.1, -0.05) is 0 Å². The number of carbonyl (C=O) groups excluding carboxylic acids is 1. The number of nitrogens with zero attached hydrogens (tertiary/aromatic N) is 1. The summed E-state index contributed by atoms with van der Waals surface area (Å²) in [6, 6.07) is 0. The maximum absolute atomic E-state index is 10.3. The summed E-state index contributed by atoms with van der Waals surface area (Å²) in [5, 5.41) is 0. The van der Waals surface area contributed by atoms with E-state index in [0.29, 0.717) is 11.5 Å². The highest BCUT2D eigenvalue weighted by atomic mass is 32.1. The van der Waals surface area contributed by atoms with Crippen LogP contribution in [0.15, 0.2) is 5.51 Å². The molecule has 54 valence electrons. The molecule has 0 aliphatic carbocycles.